The van der Waals surface area contributed by atoms with E-state index in [2.05, 4.69) is 35.6 Å². The summed E-state index contributed by atoms with van der Waals surface area (Å²) in [5.74, 6) is 0.423. The number of rotatable bonds is 6. The number of amides is 2. The smallest absolute Gasteiger partial charge is 0.261 e. The molecule has 2 saturated heterocycles. The minimum Gasteiger partial charge on any atom is -0.351 e. The van der Waals surface area contributed by atoms with E-state index in [1.54, 1.807) is 23.0 Å². The van der Waals surface area contributed by atoms with Gasteiger partial charge < -0.3 is 15.6 Å². The van der Waals surface area contributed by atoms with Crippen LogP contribution in [0.25, 0.3) is 37.2 Å². The van der Waals surface area contributed by atoms with Crippen molar-refractivity contribution in [1.82, 2.24) is 34.8 Å². The Hall–Kier alpha value is -4.16. The first kappa shape index (κ1) is 24.9. The number of carbonyl (C=O) groups is 2. The molecule has 204 valence electrons. The van der Waals surface area contributed by atoms with Crippen molar-refractivity contribution in [1.29, 1.82) is 0 Å². The number of pyridine rings is 3. The lowest BCUT2D eigenvalue weighted by Gasteiger charge is -2.45. The fraction of sp³-hybridized carbons (Fsp3) is 0.357. The van der Waals surface area contributed by atoms with E-state index in [9.17, 15) is 14.4 Å². The molecule has 0 spiro atoms. The van der Waals surface area contributed by atoms with Gasteiger partial charge in [-0.25, -0.2) is 4.52 Å². The maximum Gasteiger partial charge on any atom is 0.261 e. The zero-order valence-corrected chi connectivity index (χ0v) is 22.8. The summed E-state index contributed by atoms with van der Waals surface area (Å²) in [6, 6.07) is 4.15. The van der Waals surface area contributed by atoms with Crippen LogP contribution >= 0.6 is 11.3 Å². The van der Waals surface area contributed by atoms with Crippen molar-refractivity contribution in [2.45, 2.75) is 38.6 Å². The Morgan fingerprint density at radius 3 is 2.75 bits per heavy atom. The van der Waals surface area contributed by atoms with Crippen molar-refractivity contribution in [3.63, 3.8) is 0 Å². The third-order valence-corrected chi connectivity index (χ3v) is 9.16. The summed E-state index contributed by atoms with van der Waals surface area (Å²) in [6.45, 7) is 4.02. The molecule has 8 rings (SSSR count). The topological polar surface area (TPSA) is 137 Å². The lowest BCUT2D eigenvalue weighted by Crippen LogP contribution is -2.50. The Kier molecular flexibility index (Phi) is 6.08. The maximum absolute atomic E-state index is 13.2. The van der Waals surface area contributed by atoms with Gasteiger partial charge in [0.2, 0.25) is 5.91 Å². The summed E-state index contributed by atoms with van der Waals surface area (Å²) in [4.78, 5) is 53.2. The molecule has 1 aliphatic carbocycles. The highest BCUT2D eigenvalue weighted by molar-refractivity contribution is 7.21. The SMILES string of the molecule is CC(=O)Nc1cncc(-c2cn3nc4c5ncc(C(=O)NCCN6CC7CCC6CC7)cc5[nH]c(=O)c4c3s2)c1. The number of aromatic nitrogens is 5. The minimum atomic E-state index is -0.296. The molecule has 3 aliphatic rings. The fourth-order valence-electron chi connectivity index (χ4n) is 6.12. The third kappa shape index (κ3) is 4.42. The van der Waals surface area contributed by atoms with Crippen LogP contribution in [0.3, 0.4) is 0 Å². The van der Waals surface area contributed by atoms with Gasteiger partial charge in [-0.3, -0.25) is 29.3 Å². The number of nitrogens with zero attached hydrogens (tertiary/aromatic N) is 5. The third-order valence-electron chi connectivity index (χ3n) is 8.02. The lowest BCUT2D eigenvalue weighted by molar-refractivity contribution is -0.114. The maximum atomic E-state index is 13.2. The monoisotopic (exact) mass is 556 g/mol. The number of aromatic amines is 1. The fourth-order valence-corrected chi connectivity index (χ4v) is 7.18. The molecule has 12 heteroatoms. The molecule has 0 aromatic carbocycles. The van der Waals surface area contributed by atoms with Crippen LogP contribution in [0.15, 0.2) is 41.7 Å². The average Bonchev–Trinajstić information content (AvgIpc) is 3.52. The van der Waals surface area contributed by atoms with E-state index in [0.717, 1.165) is 29.4 Å². The van der Waals surface area contributed by atoms with Crippen LogP contribution in [-0.2, 0) is 4.79 Å². The molecule has 11 nitrogen and oxygen atoms in total. The summed E-state index contributed by atoms with van der Waals surface area (Å²) in [6.07, 6.45) is 11.9. The highest BCUT2D eigenvalue weighted by atomic mass is 32.1. The molecule has 0 unspecified atom stereocenters. The summed E-state index contributed by atoms with van der Waals surface area (Å²) in [5, 5.41) is 10.9. The van der Waals surface area contributed by atoms with Gasteiger partial charge in [0.05, 0.1) is 27.8 Å². The van der Waals surface area contributed by atoms with Gasteiger partial charge in [0, 0.05) is 56.8 Å². The highest BCUT2D eigenvalue weighted by Gasteiger charge is 2.33. The van der Waals surface area contributed by atoms with Crippen LogP contribution in [0.2, 0.25) is 0 Å². The molecular formula is C28H28N8O3S. The Morgan fingerprint density at radius 2 is 1.98 bits per heavy atom. The molecule has 5 aromatic rings. The first-order valence-corrected chi connectivity index (χ1v) is 14.3. The second kappa shape index (κ2) is 9.79. The summed E-state index contributed by atoms with van der Waals surface area (Å²) >= 11 is 1.40. The van der Waals surface area contributed by atoms with Gasteiger partial charge in [-0.15, -0.1) is 11.3 Å². The minimum absolute atomic E-state index is 0.179. The van der Waals surface area contributed by atoms with E-state index >= 15 is 0 Å². The van der Waals surface area contributed by atoms with Crippen molar-refractivity contribution < 1.29 is 9.59 Å². The largest absolute Gasteiger partial charge is 0.351 e. The van der Waals surface area contributed by atoms with Crippen LogP contribution in [0.1, 0.15) is 43.0 Å². The molecule has 5 aromatic heterocycles. The molecule has 1 saturated carbocycles. The number of fused-ring (bicyclic) bond motifs is 8. The number of hydrogen-bond donors (Lipinski definition) is 3. The highest BCUT2D eigenvalue weighted by Crippen LogP contribution is 2.35. The molecular weight excluding hydrogens is 528 g/mol. The van der Waals surface area contributed by atoms with Crippen LogP contribution in [-0.4, -0.2) is 67.0 Å². The molecule has 0 atom stereocenters. The second-order valence-electron chi connectivity index (χ2n) is 10.7. The van der Waals surface area contributed by atoms with Gasteiger partial charge in [-0.05, 0) is 43.7 Å². The van der Waals surface area contributed by atoms with Crippen molar-refractivity contribution in [3.8, 4) is 10.4 Å². The zero-order valence-electron chi connectivity index (χ0n) is 21.9. The van der Waals surface area contributed by atoms with Crippen molar-refractivity contribution in [2.24, 2.45) is 5.92 Å². The van der Waals surface area contributed by atoms with Crippen LogP contribution in [0.5, 0.6) is 0 Å². The molecule has 3 N–H and O–H groups in total. The van der Waals surface area contributed by atoms with Gasteiger partial charge in [-0.2, -0.15) is 5.10 Å². The van der Waals surface area contributed by atoms with Crippen LogP contribution in [0, 0.1) is 5.92 Å². The Bertz CT molecular complexity index is 1850. The van der Waals surface area contributed by atoms with Gasteiger partial charge >= 0.3 is 0 Å². The number of thiazole rings is 1. The normalized spacial score (nSPS) is 19.0. The van der Waals surface area contributed by atoms with Crippen molar-refractivity contribution >= 4 is 55.6 Å². The number of carbonyl (C=O) groups excluding carboxylic acids is 2. The number of anilines is 1. The Balaban J connectivity index is 1.13. The average molecular weight is 557 g/mol. The Labute approximate surface area is 232 Å². The quantitative estimate of drug-likeness (QED) is 0.291. The molecule has 2 aliphatic heterocycles. The van der Waals surface area contributed by atoms with E-state index in [0.29, 0.717) is 50.6 Å². The predicted octanol–water partition coefficient (Wildman–Crippen LogP) is 3.41. The van der Waals surface area contributed by atoms with Crippen molar-refractivity contribution in [3.05, 3.63) is 52.8 Å². The van der Waals surface area contributed by atoms with Gasteiger partial charge in [-0.1, -0.05) is 0 Å². The summed E-state index contributed by atoms with van der Waals surface area (Å²) in [5.41, 5.74) is 2.97. The second-order valence-corrected chi connectivity index (χ2v) is 11.7. The van der Waals surface area contributed by atoms with E-state index in [1.807, 2.05) is 12.3 Å². The first-order valence-electron chi connectivity index (χ1n) is 13.5. The number of H-pyrrole nitrogens is 1. The zero-order chi connectivity index (χ0) is 27.4. The van der Waals surface area contributed by atoms with Crippen LogP contribution in [0.4, 0.5) is 5.69 Å². The van der Waals surface area contributed by atoms with E-state index in [-0.39, 0.29) is 17.4 Å². The molecule has 2 bridgehead atoms. The number of piperidine rings is 2. The molecule has 7 heterocycles. The van der Waals surface area contributed by atoms with Gasteiger partial charge in [0.15, 0.2) is 0 Å². The molecule has 3 fully saturated rings. The summed E-state index contributed by atoms with van der Waals surface area (Å²) in [7, 11) is 0. The number of hydrogen-bond acceptors (Lipinski definition) is 8. The van der Waals surface area contributed by atoms with Crippen LogP contribution < -0.4 is 16.2 Å². The van der Waals surface area contributed by atoms with E-state index in [4.69, 9.17) is 0 Å². The molecule has 2 amide bonds. The van der Waals surface area contributed by atoms with E-state index < -0.39 is 0 Å². The molecule has 0 radical (unpaired) electrons. The lowest BCUT2D eigenvalue weighted by atomic mass is 9.80. The summed E-state index contributed by atoms with van der Waals surface area (Å²) < 4.78 is 1.67. The molecule has 40 heavy (non-hydrogen) atoms. The first-order chi connectivity index (χ1) is 19.4. The predicted molar refractivity (Wildman–Crippen MR) is 154 cm³/mol. The number of nitrogens with one attached hydrogen (secondary N) is 3. The van der Waals surface area contributed by atoms with Gasteiger partial charge in [0.1, 0.15) is 21.3 Å². The van der Waals surface area contributed by atoms with Crippen molar-refractivity contribution in [2.75, 3.05) is 25.0 Å². The van der Waals surface area contributed by atoms with Gasteiger partial charge in [0.25, 0.3) is 11.5 Å². The standard InChI is InChI=1S/C28H28N8O3S/c1-15(37)32-19-8-17(10-29-12-19)22-14-36-28(40-22)23-25(34-36)24-21(33-27(23)39)9-18(11-31-24)26(38)30-6-7-35-13-16-2-4-20(35)5-3-16/h8-12,14,16,20H,2-7,13H2,1H3,(H,30,38)(H,32,37)(H,33,39). The van der Waals surface area contributed by atoms with E-state index in [1.165, 1.54) is 50.1 Å². The Morgan fingerprint density at radius 1 is 1.12 bits per heavy atom.